The van der Waals surface area contributed by atoms with E-state index in [-0.39, 0.29) is 0 Å². The largest absolute Gasteiger partial charge is 0.485 e. The molecule has 0 radical (unpaired) electrons. The molecule has 0 saturated carbocycles. The Labute approximate surface area is 174 Å². The third-order valence-electron chi connectivity index (χ3n) is 5.19. The molecule has 6 nitrogen and oxygen atoms in total. The van der Waals surface area contributed by atoms with E-state index in [1.54, 1.807) is 30.6 Å². The van der Waals surface area contributed by atoms with Gasteiger partial charge in [0, 0.05) is 28.7 Å². The molecule has 0 saturated heterocycles. The van der Waals surface area contributed by atoms with Crippen LogP contribution in [0.25, 0.3) is 4.85 Å². The molecule has 29 heavy (non-hydrogen) atoms. The van der Waals surface area contributed by atoms with Crippen molar-refractivity contribution in [2.75, 3.05) is 4.90 Å². The molecule has 1 aromatic heterocycles. The summed E-state index contributed by atoms with van der Waals surface area (Å²) >= 11 is 6.10. The third-order valence-corrected chi connectivity index (χ3v) is 5.45. The van der Waals surface area contributed by atoms with Crippen LogP contribution >= 0.6 is 11.6 Å². The fraction of sp³-hybridized carbons (Fsp3) is 0.273. The Kier molecular flexibility index (Phi) is 4.95. The van der Waals surface area contributed by atoms with E-state index in [0.29, 0.717) is 23.0 Å². The zero-order valence-corrected chi connectivity index (χ0v) is 16.9. The molecule has 3 aromatic rings. The first-order chi connectivity index (χ1) is 13.9. The number of hydrogen-bond acceptors (Lipinski definition) is 4. The number of aromatic amines is 1. The van der Waals surface area contributed by atoms with Crippen LogP contribution in [-0.2, 0) is 6.54 Å². The number of anilines is 1. The Morgan fingerprint density at radius 1 is 1.28 bits per heavy atom. The molecule has 0 aliphatic carbocycles. The standard InChI is InChI=1S/C22H21ClN4O2/c1-22(2)21(28)20(17-12-15(24-3)6-9-18(17)29-22)27(13-19-25-10-11-26-19)16-7-4-14(23)5-8-16/h4-12,20-21,28H,13H2,1-2H3,(H,25,26)/t20-,21+/m0/s1. The smallest absolute Gasteiger partial charge is 0.187 e. The minimum Gasteiger partial charge on any atom is -0.485 e. The molecule has 2 heterocycles. The molecule has 0 spiro atoms. The van der Waals surface area contributed by atoms with E-state index in [1.165, 1.54) is 0 Å². The van der Waals surface area contributed by atoms with Crippen molar-refractivity contribution in [3.8, 4) is 5.75 Å². The van der Waals surface area contributed by atoms with Gasteiger partial charge in [0.05, 0.1) is 19.2 Å². The van der Waals surface area contributed by atoms with Gasteiger partial charge in [-0.05, 0) is 50.2 Å². The van der Waals surface area contributed by atoms with Gasteiger partial charge in [-0.1, -0.05) is 17.7 Å². The fourth-order valence-corrected chi connectivity index (χ4v) is 3.82. The molecule has 1 aliphatic heterocycles. The quantitative estimate of drug-likeness (QED) is 0.603. The summed E-state index contributed by atoms with van der Waals surface area (Å²) in [6, 6.07) is 12.3. The number of rotatable bonds is 4. The third kappa shape index (κ3) is 3.67. The zero-order chi connectivity index (χ0) is 20.6. The predicted octanol–water partition coefficient (Wildman–Crippen LogP) is 4.89. The summed E-state index contributed by atoms with van der Waals surface area (Å²) in [6.45, 7) is 11.6. The average Bonchev–Trinajstić information content (AvgIpc) is 3.21. The Balaban J connectivity index is 1.88. The van der Waals surface area contributed by atoms with Crippen molar-refractivity contribution in [2.45, 2.75) is 38.1 Å². The minimum atomic E-state index is -0.846. The summed E-state index contributed by atoms with van der Waals surface area (Å²) in [7, 11) is 0. The van der Waals surface area contributed by atoms with E-state index in [9.17, 15) is 5.11 Å². The van der Waals surface area contributed by atoms with Gasteiger partial charge in [-0.2, -0.15) is 0 Å². The van der Waals surface area contributed by atoms with Gasteiger partial charge in [0.2, 0.25) is 0 Å². The van der Waals surface area contributed by atoms with E-state index in [2.05, 4.69) is 19.7 Å². The second kappa shape index (κ2) is 7.43. The molecule has 7 heteroatoms. The van der Waals surface area contributed by atoms with E-state index in [1.807, 2.05) is 38.1 Å². The molecule has 1 aliphatic rings. The van der Waals surface area contributed by atoms with Crippen LogP contribution in [0.4, 0.5) is 11.4 Å². The van der Waals surface area contributed by atoms with Gasteiger partial charge in [0.15, 0.2) is 5.69 Å². The number of H-pyrrole nitrogens is 1. The molecule has 2 atom stereocenters. The number of imidazole rings is 1. The number of aromatic nitrogens is 2. The predicted molar refractivity (Wildman–Crippen MR) is 112 cm³/mol. The van der Waals surface area contributed by atoms with Gasteiger partial charge >= 0.3 is 0 Å². The highest BCUT2D eigenvalue weighted by molar-refractivity contribution is 6.30. The monoisotopic (exact) mass is 408 g/mol. The van der Waals surface area contributed by atoms with Crippen LogP contribution in [0, 0.1) is 6.57 Å². The molecule has 2 N–H and O–H groups in total. The SMILES string of the molecule is [C-]#[N+]c1ccc2c(c1)[C@H](N(Cc1ncc[nH]1)c1ccc(Cl)cc1)[C@@H](O)C(C)(C)O2. The number of hydrogen-bond donors (Lipinski definition) is 2. The number of aliphatic hydroxyl groups excluding tert-OH is 1. The lowest BCUT2D eigenvalue weighted by Crippen LogP contribution is -2.53. The molecule has 0 bridgehead atoms. The van der Waals surface area contributed by atoms with Crippen molar-refractivity contribution < 1.29 is 9.84 Å². The van der Waals surface area contributed by atoms with Gasteiger partial charge < -0.3 is 19.7 Å². The van der Waals surface area contributed by atoms with Gasteiger partial charge in [-0.3, -0.25) is 0 Å². The first-order valence-corrected chi connectivity index (χ1v) is 9.66. The Bertz CT molecular complexity index is 1040. The van der Waals surface area contributed by atoms with E-state index in [0.717, 1.165) is 17.1 Å². The average molecular weight is 409 g/mol. The van der Waals surface area contributed by atoms with Gasteiger partial charge in [0.1, 0.15) is 23.3 Å². The second-order valence-electron chi connectivity index (χ2n) is 7.57. The van der Waals surface area contributed by atoms with E-state index < -0.39 is 17.7 Å². The topological polar surface area (TPSA) is 65.7 Å². The lowest BCUT2D eigenvalue weighted by Gasteiger charge is -2.47. The minimum absolute atomic E-state index is 0.439. The Morgan fingerprint density at radius 3 is 2.69 bits per heavy atom. The lowest BCUT2D eigenvalue weighted by atomic mass is 9.85. The number of ether oxygens (including phenoxy) is 1. The summed E-state index contributed by atoms with van der Waals surface area (Å²) in [5.41, 5.74) is 1.34. The number of benzene rings is 2. The molecule has 0 unspecified atom stereocenters. The second-order valence-corrected chi connectivity index (χ2v) is 8.01. The Hall–Kier alpha value is -3.01. The maximum absolute atomic E-state index is 11.3. The van der Waals surface area contributed by atoms with Crippen molar-refractivity contribution in [1.29, 1.82) is 0 Å². The maximum Gasteiger partial charge on any atom is 0.187 e. The number of nitrogens with one attached hydrogen (secondary N) is 1. The molecular weight excluding hydrogens is 388 g/mol. The van der Waals surface area contributed by atoms with E-state index >= 15 is 0 Å². The highest BCUT2D eigenvalue weighted by Crippen LogP contribution is 2.46. The van der Waals surface area contributed by atoms with Gasteiger partial charge in [0.25, 0.3) is 0 Å². The van der Waals surface area contributed by atoms with Gasteiger partial charge in [-0.25, -0.2) is 9.83 Å². The Morgan fingerprint density at radius 2 is 2.03 bits per heavy atom. The van der Waals surface area contributed by atoms with Crippen LogP contribution in [0.15, 0.2) is 54.9 Å². The number of nitrogens with zero attached hydrogens (tertiary/aromatic N) is 3. The van der Waals surface area contributed by atoms with Crippen LogP contribution < -0.4 is 9.64 Å². The fourth-order valence-electron chi connectivity index (χ4n) is 3.69. The first-order valence-electron chi connectivity index (χ1n) is 9.28. The van der Waals surface area contributed by atoms with Crippen molar-refractivity contribution >= 4 is 23.0 Å². The number of fused-ring (bicyclic) bond motifs is 1. The molecule has 0 amide bonds. The van der Waals surface area contributed by atoms with Crippen LogP contribution in [0.5, 0.6) is 5.75 Å². The lowest BCUT2D eigenvalue weighted by molar-refractivity contribution is -0.0590. The number of halogens is 1. The molecular formula is C22H21ClN4O2. The molecule has 2 aromatic carbocycles. The summed E-state index contributed by atoms with van der Waals surface area (Å²) in [5.74, 6) is 1.43. The maximum atomic E-state index is 11.3. The van der Waals surface area contributed by atoms with Crippen molar-refractivity contribution in [1.82, 2.24) is 9.97 Å². The van der Waals surface area contributed by atoms with Crippen molar-refractivity contribution in [3.63, 3.8) is 0 Å². The van der Waals surface area contributed by atoms with Crippen molar-refractivity contribution in [3.05, 3.63) is 82.7 Å². The molecule has 0 fully saturated rings. The van der Waals surface area contributed by atoms with Crippen LogP contribution in [0.1, 0.15) is 31.3 Å². The highest BCUT2D eigenvalue weighted by atomic mass is 35.5. The molecule has 148 valence electrons. The van der Waals surface area contributed by atoms with Crippen molar-refractivity contribution in [2.24, 2.45) is 0 Å². The highest BCUT2D eigenvalue weighted by Gasteiger charge is 2.45. The van der Waals surface area contributed by atoms with Crippen LogP contribution in [-0.4, -0.2) is 26.8 Å². The van der Waals surface area contributed by atoms with Crippen LogP contribution in [0.3, 0.4) is 0 Å². The number of aliphatic hydroxyl groups is 1. The summed E-state index contributed by atoms with van der Waals surface area (Å²) in [5, 5.41) is 12.0. The van der Waals surface area contributed by atoms with Crippen LogP contribution in [0.2, 0.25) is 5.02 Å². The molecule has 4 rings (SSSR count). The zero-order valence-electron chi connectivity index (χ0n) is 16.1. The first kappa shape index (κ1) is 19.3. The normalized spacial score (nSPS) is 19.7. The van der Waals surface area contributed by atoms with Gasteiger partial charge in [-0.15, -0.1) is 0 Å². The summed E-state index contributed by atoms with van der Waals surface area (Å²) in [4.78, 5) is 13.1. The summed E-state index contributed by atoms with van der Waals surface area (Å²) in [6.07, 6.45) is 2.62. The van der Waals surface area contributed by atoms with E-state index in [4.69, 9.17) is 22.9 Å². The summed E-state index contributed by atoms with van der Waals surface area (Å²) < 4.78 is 6.08.